The van der Waals surface area contributed by atoms with Gasteiger partial charge >= 0.3 is 0 Å². The summed E-state index contributed by atoms with van der Waals surface area (Å²) in [7, 11) is 0. The van der Waals surface area contributed by atoms with Crippen molar-refractivity contribution in [1.82, 2.24) is 5.32 Å². The van der Waals surface area contributed by atoms with Gasteiger partial charge in [0.1, 0.15) is 31.3 Å². The van der Waals surface area contributed by atoms with Crippen LogP contribution in [0.2, 0.25) is 0 Å². The third kappa shape index (κ3) is 5.67. The summed E-state index contributed by atoms with van der Waals surface area (Å²) in [4.78, 5) is 11.9. The third-order valence-electron chi connectivity index (χ3n) is 3.80. The first-order valence-electron chi connectivity index (χ1n) is 8.96. The van der Waals surface area contributed by atoms with E-state index in [4.69, 9.17) is 18.9 Å². The monoisotopic (exact) mass is 369 g/mol. The maximum absolute atomic E-state index is 11.9. The molecule has 0 bridgehead atoms. The van der Waals surface area contributed by atoms with E-state index in [9.17, 15) is 4.79 Å². The maximum Gasteiger partial charge on any atom is 0.244 e. The van der Waals surface area contributed by atoms with E-state index in [2.05, 4.69) is 5.32 Å². The number of fused-ring (bicyclic) bond motifs is 1. The van der Waals surface area contributed by atoms with Gasteiger partial charge in [-0.25, -0.2) is 0 Å². The second-order valence-corrected chi connectivity index (χ2v) is 5.78. The third-order valence-corrected chi connectivity index (χ3v) is 3.80. The van der Waals surface area contributed by atoms with E-state index >= 15 is 0 Å². The number of rotatable bonds is 8. The zero-order valence-electron chi connectivity index (χ0n) is 15.3. The Morgan fingerprint density at radius 3 is 2.48 bits per heavy atom. The minimum absolute atomic E-state index is 0.180. The van der Waals surface area contributed by atoms with E-state index in [1.807, 2.05) is 49.4 Å². The van der Waals surface area contributed by atoms with Crippen LogP contribution in [0.15, 0.2) is 48.5 Å². The van der Waals surface area contributed by atoms with Crippen LogP contribution in [0.25, 0.3) is 6.08 Å². The standard InChI is InChI=1S/C21H23NO5/c1-2-24-17-5-7-18(8-6-17)25-12-11-22-21(23)10-4-16-3-9-19-20(15-16)27-14-13-26-19/h3-10,15H,2,11-14H2,1H3,(H,22,23)/b10-4+. The van der Waals surface area contributed by atoms with Crippen molar-refractivity contribution >= 4 is 12.0 Å². The summed E-state index contributed by atoms with van der Waals surface area (Å²) in [5, 5.41) is 2.79. The summed E-state index contributed by atoms with van der Waals surface area (Å²) in [5.41, 5.74) is 0.875. The average molecular weight is 369 g/mol. The van der Waals surface area contributed by atoms with Crippen molar-refractivity contribution in [3.63, 3.8) is 0 Å². The topological polar surface area (TPSA) is 66.0 Å². The van der Waals surface area contributed by atoms with E-state index in [-0.39, 0.29) is 5.91 Å². The molecular formula is C21H23NO5. The van der Waals surface area contributed by atoms with Gasteiger partial charge in [0.25, 0.3) is 0 Å². The fraction of sp³-hybridized carbons (Fsp3) is 0.286. The lowest BCUT2D eigenvalue weighted by Gasteiger charge is -2.18. The average Bonchev–Trinajstić information content (AvgIpc) is 2.71. The van der Waals surface area contributed by atoms with Crippen LogP contribution in [-0.2, 0) is 4.79 Å². The molecule has 6 heteroatoms. The highest BCUT2D eigenvalue weighted by Crippen LogP contribution is 2.31. The molecule has 0 fully saturated rings. The fourth-order valence-corrected chi connectivity index (χ4v) is 2.54. The van der Waals surface area contributed by atoms with Crippen molar-refractivity contribution in [2.24, 2.45) is 0 Å². The second-order valence-electron chi connectivity index (χ2n) is 5.78. The molecule has 142 valence electrons. The van der Waals surface area contributed by atoms with Gasteiger partial charge in [0.2, 0.25) is 5.91 Å². The Bertz CT molecular complexity index is 786. The van der Waals surface area contributed by atoms with Gasteiger partial charge < -0.3 is 24.3 Å². The van der Waals surface area contributed by atoms with Crippen LogP contribution in [0.4, 0.5) is 0 Å². The second kappa shape index (κ2) is 9.52. The molecule has 6 nitrogen and oxygen atoms in total. The van der Waals surface area contributed by atoms with Gasteiger partial charge in [-0.2, -0.15) is 0 Å². The van der Waals surface area contributed by atoms with Gasteiger partial charge in [-0.05, 0) is 55.0 Å². The summed E-state index contributed by atoms with van der Waals surface area (Å²) < 4.78 is 22.0. The molecule has 1 aliphatic rings. The minimum atomic E-state index is -0.180. The van der Waals surface area contributed by atoms with Gasteiger partial charge in [-0.3, -0.25) is 4.79 Å². The van der Waals surface area contributed by atoms with Crippen molar-refractivity contribution in [1.29, 1.82) is 0 Å². The molecule has 1 heterocycles. The smallest absolute Gasteiger partial charge is 0.244 e. The maximum atomic E-state index is 11.9. The molecule has 0 saturated carbocycles. The predicted molar refractivity (Wildman–Crippen MR) is 103 cm³/mol. The molecule has 0 radical (unpaired) electrons. The molecule has 0 aromatic heterocycles. The molecule has 1 amide bonds. The van der Waals surface area contributed by atoms with Crippen LogP contribution >= 0.6 is 0 Å². The van der Waals surface area contributed by atoms with Crippen LogP contribution in [0.5, 0.6) is 23.0 Å². The fourth-order valence-electron chi connectivity index (χ4n) is 2.54. The van der Waals surface area contributed by atoms with E-state index in [1.54, 1.807) is 6.08 Å². The summed E-state index contributed by atoms with van der Waals surface area (Å²) in [5.74, 6) is 2.80. The highest BCUT2D eigenvalue weighted by Gasteiger charge is 2.10. The Balaban J connectivity index is 1.40. The molecule has 0 atom stereocenters. The molecule has 0 aliphatic carbocycles. The number of carbonyl (C=O) groups is 1. The van der Waals surface area contributed by atoms with Crippen LogP contribution in [0, 0.1) is 0 Å². The molecule has 27 heavy (non-hydrogen) atoms. The van der Waals surface area contributed by atoms with Crippen LogP contribution in [-0.4, -0.2) is 38.9 Å². The van der Waals surface area contributed by atoms with Gasteiger partial charge in [0, 0.05) is 6.08 Å². The first-order valence-corrected chi connectivity index (χ1v) is 8.96. The summed E-state index contributed by atoms with van der Waals surface area (Å²) >= 11 is 0. The highest BCUT2D eigenvalue weighted by atomic mass is 16.6. The SMILES string of the molecule is CCOc1ccc(OCCNC(=O)/C=C/c2ccc3c(c2)OCCO3)cc1. The van der Waals surface area contributed by atoms with Gasteiger partial charge in [-0.15, -0.1) is 0 Å². The summed E-state index contributed by atoms with van der Waals surface area (Å²) in [6.07, 6.45) is 3.23. The Hall–Kier alpha value is -3.15. The van der Waals surface area contributed by atoms with Gasteiger partial charge in [0.05, 0.1) is 13.2 Å². The zero-order chi connectivity index (χ0) is 18.9. The highest BCUT2D eigenvalue weighted by molar-refractivity contribution is 5.91. The van der Waals surface area contributed by atoms with Crippen molar-refractivity contribution in [2.75, 3.05) is 33.0 Å². The number of carbonyl (C=O) groups excluding carboxylic acids is 1. The Morgan fingerprint density at radius 1 is 1.04 bits per heavy atom. The first-order chi connectivity index (χ1) is 13.2. The number of benzene rings is 2. The first kappa shape index (κ1) is 18.6. The van der Waals surface area contributed by atoms with Gasteiger partial charge in [-0.1, -0.05) is 6.07 Å². The Labute approximate surface area is 158 Å². The normalized spacial score (nSPS) is 12.6. The molecule has 0 spiro atoms. The van der Waals surface area contributed by atoms with Gasteiger partial charge in [0.15, 0.2) is 11.5 Å². The molecule has 2 aromatic carbocycles. The lowest BCUT2D eigenvalue weighted by molar-refractivity contribution is -0.116. The van der Waals surface area contributed by atoms with Crippen molar-refractivity contribution in [3.05, 3.63) is 54.1 Å². The lowest BCUT2D eigenvalue weighted by atomic mass is 10.2. The summed E-state index contributed by atoms with van der Waals surface area (Å²) in [6.45, 7) is 4.47. The van der Waals surface area contributed by atoms with E-state index in [1.165, 1.54) is 6.08 Å². The van der Waals surface area contributed by atoms with E-state index in [0.29, 0.717) is 38.7 Å². The molecule has 2 aromatic rings. The molecular weight excluding hydrogens is 346 g/mol. The van der Waals surface area contributed by atoms with Crippen molar-refractivity contribution < 1.29 is 23.7 Å². The molecule has 1 N–H and O–H groups in total. The molecule has 3 rings (SSSR count). The van der Waals surface area contributed by atoms with Crippen LogP contribution in [0.1, 0.15) is 12.5 Å². The lowest BCUT2D eigenvalue weighted by Crippen LogP contribution is -2.26. The van der Waals surface area contributed by atoms with Crippen LogP contribution in [0.3, 0.4) is 0 Å². The molecule has 1 aliphatic heterocycles. The number of ether oxygens (including phenoxy) is 4. The Kier molecular flexibility index (Phi) is 6.57. The molecule has 0 saturated heterocycles. The van der Waals surface area contributed by atoms with E-state index in [0.717, 1.165) is 22.8 Å². The minimum Gasteiger partial charge on any atom is -0.494 e. The van der Waals surface area contributed by atoms with Crippen molar-refractivity contribution in [3.8, 4) is 23.0 Å². The number of hydrogen-bond acceptors (Lipinski definition) is 5. The van der Waals surface area contributed by atoms with Crippen molar-refractivity contribution in [2.45, 2.75) is 6.92 Å². The molecule has 0 unspecified atom stereocenters. The summed E-state index contributed by atoms with van der Waals surface area (Å²) in [6, 6.07) is 13.0. The number of nitrogens with one attached hydrogen (secondary N) is 1. The quantitative estimate of drug-likeness (QED) is 0.572. The Morgan fingerprint density at radius 2 is 1.74 bits per heavy atom. The number of hydrogen-bond donors (Lipinski definition) is 1. The predicted octanol–water partition coefficient (Wildman–Crippen LogP) is 3.06. The largest absolute Gasteiger partial charge is 0.494 e. The van der Waals surface area contributed by atoms with E-state index < -0.39 is 0 Å². The van der Waals surface area contributed by atoms with Crippen LogP contribution < -0.4 is 24.3 Å². The zero-order valence-corrected chi connectivity index (χ0v) is 15.3. The number of amides is 1.